The van der Waals surface area contributed by atoms with Crippen LogP contribution in [0.2, 0.25) is 0 Å². The summed E-state index contributed by atoms with van der Waals surface area (Å²) in [6, 6.07) is 9.01. The Labute approximate surface area is 253 Å². The lowest BCUT2D eigenvalue weighted by molar-refractivity contribution is -0.139. The van der Waals surface area contributed by atoms with Gasteiger partial charge in [0.25, 0.3) is 22.5 Å². The zero-order valence-corrected chi connectivity index (χ0v) is 25.0. The predicted octanol–water partition coefficient (Wildman–Crippen LogP) is 4.24. The van der Waals surface area contributed by atoms with Crippen LogP contribution in [0.3, 0.4) is 0 Å². The third-order valence-electron chi connectivity index (χ3n) is 6.98. The van der Waals surface area contributed by atoms with Gasteiger partial charge in [-0.05, 0) is 66.1 Å². The highest BCUT2D eigenvalue weighted by Gasteiger charge is 2.28. The molecule has 0 amide bonds. The van der Waals surface area contributed by atoms with E-state index in [1.54, 1.807) is 24.3 Å². The van der Waals surface area contributed by atoms with Crippen LogP contribution in [0.25, 0.3) is 28.5 Å². The zero-order chi connectivity index (χ0) is 31.4. The van der Waals surface area contributed by atoms with E-state index in [1.165, 1.54) is 24.3 Å². The van der Waals surface area contributed by atoms with Crippen molar-refractivity contribution in [3.63, 3.8) is 0 Å². The summed E-state index contributed by atoms with van der Waals surface area (Å²) in [6.45, 7) is 3.88. The molecule has 2 heterocycles. The Hall–Kier alpha value is -3.40. The standard InChI is InChI=1S/C29H32FN3O8S2/c1-16(2)28-23(11-10-19(34)14-20(35)15-26(36)37)27(17-6-8-18(30)9-7-17)22-4-3-5-24-21(29(22)32-28)12-13-25(31-24)33(42(38)39)43(40)41/h6-13,16,19-20,34-35H,3-5,14-15H2,1-2H3,(H,36,37)(H,38,39)(H,40,41)/b11-10+/t19-,20-/m1/s1. The number of carbonyl (C=O) groups is 1. The van der Waals surface area contributed by atoms with Crippen LogP contribution in [0.1, 0.15) is 61.5 Å². The zero-order valence-electron chi connectivity index (χ0n) is 23.4. The van der Waals surface area contributed by atoms with Crippen molar-refractivity contribution in [2.24, 2.45) is 0 Å². The van der Waals surface area contributed by atoms with Crippen molar-refractivity contribution < 1.29 is 42.0 Å². The highest BCUT2D eigenvalue weighted by atomic mass is 32.3. The highest BCUT2D eigenvalue weighted by Crippen LogP contribution is 2.42. The number of anilines is 1. The fraction of sp³-hybridized carbons (Fsp3) is 0.345. The summed E-state index contributed by atoms with van der Waals surface area (Å²) >= 11 is -5.58. The molecule has 0 saturated carbocycles. The van der Waals surface area contributed by atoms with Gasteiger partial charge in [-0.2, -0.15) is 0 Å². The van der Waals surface area contributed by atoms with Crippen LogP contribution in [-0.2, 0) is 40.2 Å². The summed E-state index contributed by atoms with van der Waals surface area (Å²) < 4.78 is 56.9. The van der Waals surface area contributed by atoms with E-state index in [0.717, 1.165) is 11.1 Å². The number of rotatable bonds is 11. The minimum absolute atomic E-state index is 0.123. The second kappa shape index (κ2) is 13.9. The van der Waals surface area contributed by atoms with Crippen molar-refractivity contribution in [2.45, 2.75) is 64.1 Å². The van der Waals surface area contributed by atoms with Crippen molar-refractivity contribution in [3.8, 4) is 22.4 Å². The lowest BCUT2D eigenvalue weighted by Crippen LogP contribution is -2.28. The molecule has 0 radical (unpaired) electrons. The van der Waals surface area contributed by atoms with E-state index in [4.69, 9.17) is 10.1 Å². The number of pyridine rings is 2. The molecule has 5 N–H and O–H groups in total. The first-order valence-electron chi connectivity index (χ1n) is 13.5. The van der Waals surface area contributed by atoms with Crippen molar-refractivity contribution in [3.05, 3.63) is 70.8 Å². The molecule has 1 aliphatic carbocycles. The minimum atomic E-state index is -2.79. The number of aryl methyl sites for hydroxylation is 1. The Morgan fingerprint density at radius 3 is 2.33 bits per heavy atom. The Bertz CT molecular complexity index is 1570. The third-order valence-corrected chi connectivity index (χ3v) is 8.69. The second-order valence-electron chi connectivity index (χ2n) is 10.4. The lowest BCUT2D eigenvalue weighted by atomic mass is 9.86. The summed E-state index contributed by atoms with van der Waals surface area (Å²) in [6.07, 6.45) is 1.66. The Balaban J connectivity index is 1.92. The largest absolute Gasteiger partial charge is 0.481 e. The van der Waals surface area contributed by atoms with Crippen molar-refractivity contribution >= 4 is 40.4 Å². The molecule has 230 valence electrons. The Kier molecular flexibility index (Phi) is 10.5. The lowest BCUT2D eigenvalue weighted by Gasteiger charge is -2.22. The maximum atomic E-state index is 14.0. The first-order valence-corrected chi connectivity index (χ1v) is 15.6. The number of halogens is 1. The molecule has 0 bridgehead atoms. The number of aliphatic carboxylic acids is 1. The average molecular weight is 634 g/mol. The van der Waals surface area contributed by atoms with Gasteiger partial charge in [-0.1, -0.05) is 38.1 Å². The number of fused-ring (bicyclic) bond motifs is 3. The molecule has 0 fully saturated rings. The van der Waals surface area contributed by atoms with Gasteiger partial charge >= 0.3 is 5.97 Å². The van der Waals surface area contributed by atoms with Crippen LogP contribution < -0.4 is 3.71 Å². The molecule has 11 nitrogen and oxygen atoms in total. The smallest absolute Gasteiger partial charge is 0.305 e. The Morgan fingerprint density at radius 2 is 1.72 bits per heavy atom. The number of aliphatic hydroxyl groups excluding tert-OH is 2. The average Bonchev–Trinajstić information content (AvgIpc) is 3.09. The number of carboxylic acid groups (broad SMARTS) is 1. The van der Waals surface area contributed by atoms with E-state index >= 15 is 0 Å². The van der Waals surface area contributed by atoms with Crippen LogP contribution in [0.5, 0.6) is 0 Å². The Morgan fingerprint density at radius 1 is 1.05 bits per heavy atom. The molecular weight excluding hydrogens is 601 g/mol. The van der Waals surface area contributed by atoms with Gasteiger partial charge < -0.3 is 15.3 Å². The van der Waals surface area contributed by atoms with Crippen LogP contribution >= 0.6 is 0 Å². The fourth-order valence-electron chi connectivity index (χ4n) is 5.17. The van der Waals surface area contributed by atoms with Gasteiger partial charge in [-0.25, -0.2) is 17.8 Å². The number of nitrogens with zero attached hydrogens (tertiary/aromatic N) is 3. The minimum Gasteiger partial charge on any atom is -0.481 e. The van der Waals surface area contributed by atoms with Crippen LogP contribution in [-0.4, -0.2) is 61.0 Å². The molecule has 0 spiro atoms. The van der Waals surface area contributed by atoms with Gasteiger partial charge in [0.05, 0.1) is 35.7 Å². The monoisotopic (exact) mass is 633 g/mol. The molecule has 2 aromatic heterocycles. The number of carboxylic acids is 1. The molecule has 43 heavy (non-hydrogen) atoms. The molecule has 4 rings (SSSR count). The molecule has 4 atom stereocenters. The quantitative estimate of drug-likeness (QED) is 0.192. The summed E-state index contributed by atoms with van der Waals surface area (Å²) in [4.78, 5) is 20.4. The van der Waals surface area contributed by atoms with Gasteiger partial charge in [-0.3, -0.25) is 18.9 Å². The number of aromatic nitrogens is 2. The summed E-state index contributed by atoms with van der Waals surface area (Å²) in [5, 5.41) is 29.5. The van der Waals surface area contributed by atoms with Gasteiger partial charge in [0.1, 0.15) is 5.82 Å². The van der Waals surface area contributed by atoms with E-state index in [9.17, 15) is 36.9 Å². The molecule has 0 aliphatic heterocycles. The SMILES string of the molecule is CC(C)c1nc2c(c(-c3ccc(F)cc3)c1/C=C/[C@@H](O)C[C@@H](O)CC(=O)O)CCCc1nc(N(S(=O)O)S(=O)O)ccc1-2. The predicted molar refractivity (Wildman–Crippen MR) is 161 cm³/mol. The van der Waals surface area contributed by atoms with Gasteiger partial charge in [0.2, 0.25) is 0 Å². The molecule has 0 saturated heterocycles. The van der Waals surface area contributed by atoms with E-state index in [-0.39, 0.29) is 18.2 Å². The van der Waals surface area contributed by atoms with Crippen molar-refractivity contribution in [2.75, 3.05) is 3.71 Å². The molecule has 1 aliphatic rings. The maximum absolute atomic E-state index is 14.0. The van der Waals surface area contributed by atoms with Crippen molar-refractivity contribution in [1.29, 1.82) is 0 Å². The maximum Gasteiger partial charge on any atom is 0.305 e. The fourth-order valence-corrected chi connectivity index (χ4v) is 6.13. The summed E-state index contributed by atoms with van der Waals surface area (Å²) in [7, 11) is 0. The van der Waals surface area contributed by atoms with E-state index in [1.807, 2.05) is 13.8 Å². The molecule has 1 aromatic carbocycles. The van der Waals surface area contributed by atoms with E-state index in [2.05, 4.69) is 4.98 Å². The summed E-state index contributed by atoms with van der Waals surface area (Å²) in [5.41, 5.74) is 5.39. The van der Waals surface area contributed by atoms with Gasteiger partial charge in [0.15, 0.2) is 5.82 Å². The molecule has 14 heteroatoms. The number of hydrogen-bond acceptors (Lipinski definition) is 7. The van der Waals surface area contributed by atoms with E-state index < -0.39 is 52.9 Å². The molecular formula is C29H32FN3O8S2. The first kappa shape index (κ1) is 32.5. The number of benzene rings is 1. The topological polar surface area (TPSA) is 181 Å². The van der Waals surface area contributed by atoms with Gasteiger partial charge in [-0.15, -0.1) is 3.71 Å². The molecule has 2 unspecified atom stereocenters. The van der Waals surface area contributed by atoms with Crippen LogP contribution in [0.15, 0.2) is 42.5 Å². The van der Waals surface area contributed by atoms with Gasteiger partial charge in [0, 0.05) is 17.5 Å². The van der Waals surface area contributed by atoms with Crippen LogP contribution in [0, 0.1) is 5.82 Å². The normalized spacial score (nSPS) is 15.8. The summed E-state index contributed by atoms with van der Waals surface area (Å²) in [5.74, 6) is -1.86. The highest BCUT2D eigenvalue weighted by molar-refractivity contribution is 7.99. The number of aliphatic hydroxyl groups is 2. The van der Waals surface area contributed by atoms with Crippen molar-refractivity contribution in [1.82, 2.24) is 9.97 Å². The second-order valence-corrected chi connectivity index (χ2v) is 12.3. The first-order chi connectivity index (χ1) is 20.4. The molecule has 3 aromatic rings. The number of hydrogen-bond donors (Lipinski definition) is 5. The van der Waals surface area contributed by atoms with E-state index in [0.29, 0.717) is 56.7 Å². The third kappa shape index (κ3) is 7.58. The van der Waals surface area contributed by atoms with Crippen LogP contribution in [0.4, 0.5) is 10.2 Å².